The summed E-state index contributed by atoms with van der Waals surface area (Å²) in [5.74, 6) is -0.178. The number of aromatic hydroxyl groups is 1. The number of carbonyl (C=O) groups is 1. The molecule has 2 aromatic rings. The van der Waals surface area contributed by atoms with E-state index in [1.165, 1.54) is 10.6 Å². The molecule has 0 unspecified atom stereocenters. The van der Waals surface area contributed by atoms with Gasteiger partial charge in [0.15, 0.2) is 0 Å². The molecule has 0 bridgehead atoms. The smallest absolute Gasteiger partial charge is 0.254 e. The molecule has 0 spiro atoms. The average Bonchev–Trinajstić information content (AvgIpc) is 2.58. The number of hydrogen-bond acceptors (Lipinski definition) is 4. The molecule has 0 aliphatic carbocycles. The lowest BCUT2D eigenvalue weighted by atomic mass is 10.2. The number of anilines is 1. The molecule has 1 saturated heterocycles. The van der Waals surface area contributed by atoms with Gasteiger partial charge in [-0.15, -0.1) is 0 Å². The van der Waals surface area contributed by atoms with Crippen molar-refractivity contribution < 1.29 is 9.90 Å². The van der Waals surface area contributed by atoms with E-state index in [1.807, 2.05) is 24.3 Å². The van der Waals surface area contributed by atoms with E-state index in [2.05, 4.69) is 4.90 Å². The summed E-state index contributed by atoms with van der Waals surface area (Å²) in [7, 11) is 0. The average molecular weight is 362 g/mol. The number of amides is 1. The molecule has 2 heterocycles. The summed E-state index contributed by atoms with van der Waals surface area (Å²) in [6.07, 6.45) is 0. The number of piperazine rings is 1. The lowest BCUT2D eigenvalue weighted by Gasteiger charge is -2.36. The third kappa shape index (κ3) is 3.96. The van der Waals surface area contributed by atoms with Gasteiger partial charge < -0.3 is 19.5 Å². The van der Waals surface area contributed by atoms with E-state index in [-0.39, 0.29) is 23.8 Å². The molecule has 1 aromatic heterocycles. The Morgan fingerprint density at radius 3 is 2.52 bits per heavy atom. The molecule has 0 atom stereocenters. The highest BCUT2D eigenvalue weighted by atomic mass is 35.5. The van der Waals surface area contributed by atoms with E-state index in [0.717, 1.165) is 24.8 Å². The van der Waals surface area contributed by atoms with Gasteiger partial charge >= 0.3 is 0 Å². The molecular formula is C18H20ClN3O3. The van der Waals surface area contributed by atoms with Crippen LogP contribution in [-0.4, -0.2) is 46.7 Å². The van der Waals surface area contributed by atoms with Crippen LogP contribution in [-0.2, 0) is 11.3 Å². The summed E-state index contributed by atoms with van der Waals surface area (Å²) < 4.78 is 1.38. The number of aromatic nitrogens is 1. The van der Waals surface area contributed by atoms with E-state index < -0.39 is 0 Å². The number of rotatable bonds is 3. The van der Waals surface area contributed by atoms with Crippen LogP contribution in [0.15, 0.2) is 41.2 Å². The number of nitrogens with zero attached hydrogens (tertiary/aromatic N) is 3. The van der Waals surface area contributed by atoms with Crippen LogP contribution in [0, 0.1) is 6.92 Å². The highest BCUT2D eigenvalue weighted by Crippen LogP contribution is 2.20. The molecule has 132 valence electrons. The highest BCUT2D eigenvalue weighted by molar-refractivity contribution is 6.30. The standard InChI is InChI=1S/C18H20ClN3O3/c1-13-9-16(23)11-17(24)22(13)12-18(25)21-7-5-20(6-8-21)15-4-2-3-14(19)10-15/h2-4,9-11,23H,5-8,12H2,1H3. The number of carbonyl (C=O) groups excluding carboxylic acids is 1. The Morgan fingerprint density at radius 2 is 1.88 bits per heavy atom. The van der Waals surface area contributed by atoms with Gasteiger partial charge in [0.2, 0.25) is 5.91 Å². The van der Waals surface area contributed by atoms with Crippen molar-refractivity contribution in [3.63, 3.8) is 0 Å². The zero-order chi connectivity index (χ0) is 18.0. The van der Waals surface area contributed by atoms with Crippen LogP contribution in [0.25, 0.3) is 0 Å². The Labute approximate surface area is 150 Å². The molecular weight excluding hydrogens is 342 g/mol. The lowest BCUT2D eigenvalue weighted by Crippen LogP contribution is -2.50. The normalized spacial score (nSPS) is 14.6. The van der Waals surface area contributed by atoms with Crippen LogP contribution < -0.4 is 10.5 Å². The molecule has 7 heteroatoms. The van der Waals surface area contributed by atoms with Crippen LogP contribution in [0.4, 0.5) is 5.69 Å². The van der Waals surface area contributed by atoms with Gasteiger partial charge in [-0.25, -0.2) is 0 Å². The van der Waals surface area contributed by atoms with Crippen LogP contribution in [0.2, 0.25) is 5.02 Å². The summed E-state index contributed by atoms with van der Waals surface area (Å²) in [6.45, 7) is 4.31. The van der Waals surface area contributed by atoms with Gasteiger partial charge in [0.1, 0.15) is 12.3 Å². The van der Waals surface area contributed by atoms with Gasteiger partial charge in [-0.1, -0.05) is 17.7 Å². The fourth-order valence-electron chi connectivity index (χ4n) is 3.04. The Morgan fingerprint density at radius 1 is 1.16 bits per heavy atom. The topological polar surface area (TPSA) is 65.8 Å². The number of pyridine rings is 1. The molecule has 1 N–H and O–H groups in total. The zero-order valence-electron chi connectivity index (χ0n) is 14.0. The molecule has 0 radical (unpaired) electrons. The van der Waals surface area contributed by atoms with Gasteiger partial charge in [0.25, 0.3) is 5.56 Å². The van der Waals surface area contributed by atoms with Gasteiger partial charge in [-0.2, -0.15) is 0 Å². The Bertz CT molecular complexity index is 842. The lowest BCUT2D eigenvalue weighted by molar-refractivity contribution is -0.132. The second-order valence-electron chi connectivity index (χ2n) is 6.13. The van der Waals surface area contributed by atoms with E-state index in [9.17, 15) is 14.7 Å². The van der Waals surface area contributed by atoms with Gasteiger partial charge in [-0.05, 0) is 31.2 Å². The SMILES string of the molecule is Cc1cc(O)cc(=O)n1CC(=O)N1CCN(c2cccc(Cl)c2)CC1. The van der Waals surface area contributed by atoms with Gasteiger partial charge in [0.05, 0.1) is 0 Å². The molecule has 3 rings (SSSR count). The van der Waals surface area contributed by atoms with Crippen molar-refractivity contribution in [2.75, 3.05) is 31.1 Å². The molecule has 6 nitrogen and oxygen atoms in total. The third-order valence-corrected chi connectivity index (χ3v) is 4.65. The Kier molecular flexibility index (Phi) is 4.99. The molecule has 1 amide bonds. The first-order valence-electron chi connectivity index (χ1n) is 8.13. The second-order valence-corrected chi connectivity index (χ2v) is 6.56. The van der Waals surface area contributed by atoms with Crippen LogP contribution in [0.1, 0.15) is 5.69 Å². The maximum Gasteiger partial charge on any atom is 0.254 e. The summed E-state index contributed by atoms with van der Waals surface area (Å²) in [6, 6.07) is 10.3. The summed E-state index contributed by atoms with van der Waals surface area (Å²) in [5, 5.41) is 10.1. The quantitative estimate of drug-likeness (QED) is 0.906. The van der Waals surface area contributed by atoms with E-state index in [4.69, 9.17) is 11.6 Å². The molecule has 1 aromatic carbocycles. The number of hydrogen-bond donors (Lipinski definition) is 1. The van der Waals surface area contributed by atoms with Crippen molar-refractivity contribution in [1.82, 2.24) is 9.47 Å². The second kappa shape index (κ2) is 7.19. The first-order chi connectivity index (χ1) is 11.9. The van der Waals surface area contributed by atoms with Crippen LogP contribution in [0.5, 0.6) is 5.75 Å². The van der Waals surface area contributed by atoms with Gasteiger partial charge in [-0.3, -0.25) is 9.59 Å². The largest absolute Gasteiger partial charge is 0.508 e. The predicted octanol–water partition coefficient (Wildman–Crippen LogP) is 1.86. The first-order valence-corrected chi connectivity index (χ1v) is 8.50. The molecule has 1 aliphatic heterocycles. The summed E-state index contributed by atoms with van der Waals surface area (Å²) >= 11 is 6.03. The van der Waals surface area contributed by atoms with Crippen LogP contribution >= 0.6 is 11.6 Å². The van der Waals surface area contributed by atoms with Crippen molar-refractivity contribution in [3.8, 4) is 5.75 Å². The minimum absolute atomic E-state index is 0.0118. The highest BCUT2D eigenvalue weighted by Gasteiger charge is 2.22. The van der Waals surface area contributed by atoms with Crippen molar-refractivity contribution in [3.05, 3.63) is 57.5 Å². The Hall–Kier alpha value is -2.47. The van der Waals surface area contributed by atoms with Gasteiger partial charge in [0, 0.05) is 48.6 Å². The molecule has 1 fully saturated rings. The number of benzene rings is 1. The summed E-state index contributed by atoms with van der Waals surface area (Å²) in [4.78, 5) is 28.4. The van der Waals surface area contributed by atoms with E-state index in [0.29, 0.717) is 23.8 Å². The monoisotopic (exact) mass is 361 g/mol. The molecule has 25 heavy (non-hydrogen) atoms. The van der Waals surface area contributed by atoms with Crippen LogP contribution in [0.3, 0.4) is 0 Å². The number of halogens is 1. The van der Waals surface area contributed by atoms with Crippen molar-refractivity contribution in [2.45, 2.75) is 13.5 Å². The minimum atomic E-state index is -0.372. The maximum atomic E-state index is 12.5. The fourth-order valence-corrected chi connectivity index (χ4v) is 3.22. The van der Waals surface area contributed by atoms with E-state index >= 15 is 0 Å². The first kappa shape index (κ1) is 17.4. The zero-order valence-corrected chi connectivity index (χ0v) is 14.7. The third-order valence-electron chi connectivity index (χ3n) is 4.42. The van der Waals surface area contributed by atoms with E-state index in [1.54, 1.807) is 11.8 Å². The Balaban J connectivity index is 1.63. The van der Waals surface area contributed by atoms with Crippen molar-refractivity contribution in [1.29, 1.82) is 0 Å². The maximum absolute atomic E-state index is 12.5. The fraction of sp³-hybridized carbons (Fsp3) is 0.333. The molecule has 0 saturated carbocycles. The minimum Gasteiger partial charge on any atom is -0.508 e. The number of aryl methyl sites for hydroxylation is 1. The van der Waals surface area contributed by atoms with Crippen molar-refractivity contribution >= 4 is 23.2 Å². The van der Waals surface area contributed by atoms with Crippen molar-refractivity contribution in [2.24, 2.45) is 0 Å². The molecule has 1 aliphatic rings. The summed E-state index contributed by atoms with van der Waals surface area (Å²) in [5.41, 5.74) is 1.24. The predicted molar refractivity (Wildman–Crippen MR) is 97.3 cm³/mol.